The monoisotopic (exact) mass is 538 g/mol. The predicted molar refractivity (Wildman–Crippen MR) is 138 cm³/mol. The SMILES string of the molecule is [2H][C@@](Nc1cc(Cl)c2ncc(C#N)c(NC3(C)CC(F)(F)C3)c2c1)(c1ccc(F)cc1)c1cn(C2CC2)nn1. The van der Waals surface area contributed by atoms with Gasteiger partial charge in [0.05, 0.1) is 41.4 Å². The van der Waals surface area contributed by atoms with Gasteiger partial charge in [-0.25, -0.2) is 17.9 Å². The molecule has 11 heteroatoms. The molecule has 0 saturated heterocycles. The quantitative estimate of drug-likeness (QED) is 0.274. The standard InChI is InChI=1S/C27H23ClF3N7/c1-26(13-27(30,31)14-26)35-23-16(10-32)11-33-25-20(23)8-18(9-21(25)28)34-24(15-2-4-17(29)5-3-15)22-12-38(37-36-22)19-6-7-19/h2-5,8-9,11-12,19,24,34H,6-7,13-14H2,1H3,(H,33,35)/t24-/m1/s1/i24D. The molecule has 2 aliphatic rings. The van der Waals surface area contributed by atoms with E-state index in [0.717, 1.165) is 12.8 Å². The summed E-state index contributed by atoms with van der Waals surface area (Å²) in [5, 5.41) is 25.2. The van der Waals surface area contributed by atoms with Crippen molar-refractivity contribution in [3.05, 3.63) is 76.5 Å². The minimum absolute atomic E-state index is 0.176. The fourth-order valence-corrected chi connectivity index (χ4v) is 5.25. The zero-order chi connectivity index (χ0) is 27.6. The third-order valence-corrected chi connectivity index (χ3v) is 7.15. The Hall–Kier alpha value is -3.84. The average molecular weight is 539 g/mol. The van der Waals surface area contributed by atoms with Crippen LogP contribution in [0.3, 0.4) is 0 Å². The lowest BCUT2D eigenvalue weighted by Crippen LogP contribution is -2.54. The highest BCUT2D eigenvalue weighted by Gasteiger charge is 2.54. The first kappa shape index (κ1) is 23.3. The molecule has 6 rings (SSSR count). The van der Waals surface area contributed by atoms with Crippen LogP contribution in [0.1, 0.15) is 62.9 Å². The highest BCUT2D eigenvalue weighted by molar-refractivity contribution is 6.35. The van der Waals surface area contributed by atoms with Crippen LogP contribution < -0.4 is 10.6 Å². The molecule has 2 saturated carbocycles. The first-order valence-electron chi connectivity index (χ1n) is 12.6. The Morgan fingerprint density at radius 2 is 1.97 bits per heavy atom. The van der Waals surface area contributed by atoms with Gasteiger partial charge < -0.3 is 10.6 Å². The Morgan fingerprint density at radius 1 is 1.24 bits per heavy atom. The lowest BCUT2D eigenvalue weighted by molar-refractivity contribution is -0.109. The average Bonchev–Trinajstić information content (AvgIpc) is 3.59. The van der Waals surface area contributed by atoms with Crippen molar-refractivity contribution in [3.8, 4) is 6.07 Å². The second-order valence-electron chi connectivity index (χ2n) is 10.2. The number of aromatic nitrogens is 4. The Labute approximate surface area is 223 Å². The molecule has 0 spiro atoms. The van der Waals surface area contributed by atoms with Crippen molar-refractivity contribution in [2.75, 3.05) is 10.6 Å². The predicted octanol–water partition coefficient (Wildman–Crippen LogP) is 6.63. The fraction of sp³-hybridized carbons (Fsp3) is 0.333. The molecular weight excluding hydrogens is 515 g/mol. The van der Waals surface area contributed by atoms with Crippen LogP contribution in [-0.2, 0) is 0 Å². The third kappa shape index (κ3) is 4.63. The summed E-state index contributed by atoms with van der Waals surface area (Å²) in [4.78, 5) is 4.32. The summed E-state index contributed by atoms with van der Waals surface area (Å²) >= 11 is 6.61. The minimum atomic E-state index is -2.78. The molecule has 1 atom stereocenters. The highest BCUT2D eigenvalue weighted by atomic mass is 35.5. The van der Waals surface area contributed by atoms with Crippen molar-refractivity contribution in [1.29, 1.82) is 5.26 Å². The van der Waals surface area contributed by atoms with E-state index in [-0.39, 0.29) is 29.5 Å². The number of fused-ring (bicyclic) bond motifs is 1. The van der Waals surface area contributed by atoms with Gasteiger partial charge in [-0.05, 0) is 49.6 Å². The van der Waals surface area contributed by atoms with Gasteiger partial charge in [-0.3, -0.25) is 4.98 Å². The highest BCUT2D eigenvalue weighted by Crippen LogP contribution is 2.48. The lowest BCUT2D eigenvalue weighted by Gasteiger charge is -2.46. The van der Waals surface area contributed by atoms with E-state index < -0.39 is 23.3 Å². The second-order valence-corrected chi connectivity index (χ2v) is 10.6. The van der Waals surface area contributed by atoms with E-state index in [4.69, 9.17) is 11.6 Å². The Bertz CT molecular complexity index is 1620. The normalized spacial score (nSPS) is 19.6. The summed E-state index contributed by atoms with van der Waals surface area (Å²) in [5.74, 6) is -3.23. The van der Waals surface area contributed by atoms with Crippen LogP contribution >= 0.6 is 11.6 Å². The number of benzene rings is 2. The Balaban J connectivity index is 1.45. The second kappa shape index (κ2) is 8.88. The van der Waals surface area contributed by atoms with Crippen molar-refractivity contribution in [2.45, 2.75) is 56.1 Å². The van der Waals surface area contributed by atoms with Crippen molar-refractivity contribution >= 4 is 33.9 Å². The summed E-state index contributed by atoms with van der Waals surface area (Å²) in [6.45, 7) is 1.67. The Morgan fingerprint density at radius 3 is 2.63 bits per heavy atom. The fourth-order valence-electron chi connectivity index (χ4n) is 4.99. The number of nitrogens with zero attached hydrogens (tertiary/aromatic N) is 5. The molecule has 0 unspecified atom stereocenters. The summed E-state index contributed by atoms with van der Waals surface area (Å²) in [5.41, 5.74) is 1.05. The molecule has 2 aromatic carbocycles. The number of alkyl halides is 2. The van der Waals surface area contributed by atoms with Gasteiger partial charge in [0.1, 0.15) is 17.6 Å². The van der Waals surface area contributed by atoms with E-state index in [2.05, 4.69) is 32.0 Å². The number of anilines is 2. The van der Waals surface area contributed by atoms with Crippen LogP contribution in [-0.4, -0.2) is 31.4 Å². The first-order valence-corrected chi connectivity index (χ1v) is 12.5. The molecule has 0 bridgehead atoms. The van der Waals surface area contributed by atoms with Crippen LogP contribution in [0.5, 0.6) is 0 Å². The molecule has 0 amide bonds. The maximum absolute atomic E-state index is 13.8. The van der Waals surface area contributed by atoms with E-state index in [9.17, 15) is 19.8 Å². The van der Waals surface area contributed by atoms with Gasteiger partial charge in [0.15, 0.2) is 0 Å². The van der Waals surface area contributed by atoms with Crippen LogP contribution in [0.25, 0.3) is 10.9 Å². The van der Waals surface area contributed by atoms with Crippen molar-refractivity contribution in [3.63, 3.8) is 0 Å². The van der Waals surface area contributed by atoms with Gasteiger partial charge >= 0.3 is 0 Å². The van der Waals surface area contributed by atoms with E-state index in [0.29, 0.717) is 33.5 Å². The van der Waals surface area contributed by atoms with Gasteiger partial charge in [0, 0.05) is 35.7 Å². The van der Waals surface area contributed by atoms with Gasteiger partial charge in [0.25, 0.3) is 5.92 Å². The van der Waals surface area contributed by atoms with Crippen LogP contribution in [0, 0.1) is 17.1 Å². The zero-order valence-electron chi connectivity index (χ0n) is 21.3. The molecule has 2 heterocycles. The lowest BCUT2D eigenvalue weighted by atomic mass is 9.74. The molecule has 38 heavy (non-hydrogen) atoms. The molecule has 2 N–H and O–H groups in total. The number of rotatable bonds is 7. The van der Waals surface area contributed by atoms with E-state index >= 15 is 0 Å². The molecule has 0 aliphatic heterocycles. The third-order valence-electron chi connectivity index (χ3n) is 6.86. The maximum Gasteiger partial charge on any atom is 0.252 e. The number of hydrogen-bond donors (Lipinski definition) is 2. The van der Waals surface area contributed by atoms with Gasteiger partial charge in [-0.1, -0.05) is 28.9 Å². The van der Waals surface area contributed by atoms with E-state index in [1.54, 1.807) is 29.9 Å². The van der Waals surface area contributed by atoms with E-state index in [1.165, 1.54) is 30.5 Å². The smallest absolute Gasteiger partial charge is 0.252 e. The summed E-state index contributed by atoms with van der Waals surface area (Å²) < 4.78 is 52.4. The van der Waals surface area contributed by atoms with E-state index in [1.807, 2.05) is 0 Å². The first-order chi connectivity index (χ1) is 18.5. The number of nitriles is 1. The van der Waals surface area contributed by atoms with Gasteiger partial charge in [-0.2, -0.15) is 5.26 Å². The van der Waals surface area contributed by atoms with Crippen molar-refractivity contribution in [2.24, 2.45) is 0 Å². The zero-order valence-corrected chi connectivity index (χ0v) is 21.0. The number of halogens is 4. The molecule has 2 fully saturated rings. The van der Waals surface area contributed by atoms with Crippen LogP contribution in [0.2, 0.25) is 5.02 Å². The molecular formula is C27H23ClF3N7. The van der Waals surface area contributed by atoms with Gasteiger partial charge in [-0.15, -0.1) is 5.10 Å². The summed E-state index contributed by atoms with van der Waals surface area (Å²) in [6, 6.07) is 9.39. The summed E-state index contributed by atoms with van der Waals surface area (Å²) in [6.07, 6.45) is 4.26. The number of hydrogen-bond acceptors (Lipinski definition) is 6. The Kier molecular flexibility index (Phi) is 5.44. The molecule has 4 aromatic rings. The summed E-state index contributed by atoms with van der Waals surface area (Å²) in [7, 11) is 0. The molecule has 2 aliphatic carbocycles. The van der Waals surface area contributed by atoms with Gasteiger partial charge in [0.2, 0.25) is 0 Å². The molecule has 194 valence electrons. The number of pyridine rings is 1. The topological polar surface area (TPSA) is 91.5 Å². The van der Waals surface area contributed by atoms with Crippen molar-refractivity contribution in [1.82, 2.24) is 20.0 Å². The maximum atomic E-state index is 13.8. The van der Waals surface area contributed by atoms with Crippen LogP contribution in [0.4, 0.5) is 24.5 Å². The molecule has 7 nitrogen and oxygen atoms in total. The molecule has 2 aromatic heterocycles. The van der Waals surface area contributed by atoms with Crippen LogP contribution in [0.15, 0.2) is 48.8 Å². The largest absolute Gasteiger partial charge is 0.378 e. The van der Waals surface area contributed by atoms with Crippen molar-refractivity contribution < 1.29 is 14.5 Å². The number of nitrogens with one attached hydrogen (secondary N) is 2. The minimum Gasteiger partial charge on any atom is -0.378 e. The molecule has 0 radical (unpaired) electrons.